The van der Waals surface area contributed by atoms with Crippen LogP contribution >= 0.6 is 0 Å². The van der Waals surface area contributed by atoms with Crippen molar-refractivity contribution in [2.75, 3.05) is 7.11 Å². The minimum absolute atomic E-state index is 0.118. The van der Waals surface area contributed by atoms with Gasteiger partial charge in [-0.3, -0.25) is 4.79 Å². The fraction of sp³-hybridized carbons (Fsp3) is 0.148. The van der Waals surface area contributed by atoms with Crippen LogP contribution in [0.1, 0.15) is 11.1 Å². The maximum absolute atomic E-state index is 13.2. The molecule has 0 aromatic heterocycles. The first-order valence-corrected chi connectivity index (χ1v) is 12.4. The number of carbonyl (C=O) groups excluding carboxylic acids is 1. The Balaban J connectivity index is 1.54. The molecule has 1 atom stereocenters. The summed E-state index contributed by atoms with van der Waals surface area (Å²) in [5.41, 5.74) is 1.73. The van der Waals surface area contributed by atoms with Crippen molar-refractivity contribution >= 4 is 26.7 Å². The zero-order valence-electron chi connectivity index (χ0n) is 18.8. The summed E-state index contributed by atoms with van der Waals surface area (Å²) < 4.78 is 34.2. The molecule has 34 heavy (non-hydrogen) atoms. The van der Waals surface area contributed by atoms with Crippen LogP contribution in [0.3, 0.4) is 0 Å². The van der Waals surface area contributed by atoms with E-state index in [1.807, 2.05) is 78.9 Å². The van der Waals surface area contributed by atoms with Crippen LogP contribution in [-0.2, 0) is 27.8 Å². The minimum Gasteiger partial charge on any atom is -0.497 e. The molecule has 4 aromatic rings. The van der Waals surface area contributed by atoms with Crippen molar-refractivity contribution in [3.63, 3.8) is 0 Å². The summed E-state index contributed by atoms with van der Waals surface area (Å²) in [6.45, 7) is 0.270. The molecule has 4 aromatic carbocycles. The van der Waals surface area contributed by atoms with Gasteiger partial charge in [0.05, 0.1) is 12.0 Å². The largest absolute Gasteiger partial charge is 0.497 e. The van der Waals surface area contributed by atoms with Gasteiger partial charge < -0.3 is 10.1 Å². The summed E-state index contributed by atoms with van der Waals surface area (Å²) >= 11 is 0. The summed E-state index contributed by atoms with van der Waals surface area (Å²) in [6, 6.07) is 28.2. The molecule has 1 amide bonds. The van der Waals surface area contributed by atoms with Crippen LogP contribution in [0.2, 0.25) is 0 Å². The fourth-order valence-corrected chi connectivity index (χ4v) is 4.91. The highest BCUT2D eigenvalue weighted by molar-refractivity contribution is 7.89. The van der Waals surface area contributed by atoms with Crippen LogP contribution in [0.15, 0.2) is 102 Å². The van der Waals surface area contributed by atoms with Gasteiger partial charge in [-0.2, -0.15) is 4.72 Å². The molecule has 6 nitrogen and oxygen atoms in total. The first-order valence-electron chi connectivity index (χ1n) is 10.9. The lowest BCUT2D eigenvalue weighted by molar-refractivity contribution is -0.122. The van der Waals surface area contributed by atoms with Crippen molar-refractivity contribution in [1.82, 2.24) is 10.0 Å². The van der Waals surface area contributed by atoms with E-state index >= 15 is 0 Å². The summed E-state index contributed by atoms with van der Waals surface area (Å²) in [4.78, 5) is 13.2. The van der Waals surface area contributed by atoms with Crippen LogP contribution < -0.4 is 14.8 Å². The van der Waals surface area contributed by atoms with Gasteiger partial charge in [-0.25, -0.2) is 8.42 Å². The number of carbonyl (C=O) groups is 1. The molecule has 7 heteroatoms. The van der Waals surface area contributed by atoms with Crippen molar-refractivity contribution in [1.29, 1.82) is 0 Å². The second-order valence-corrected chi connectivity index (χ2v) is 9.65. The Labute approximate surface area is 199 Å². The molecule has 0 saturated heterocycles. The number of fused-ring (bicyclic) bond motifs is 1. The summed E-state index contributed by atoms with van der Waals surface area (Å²) in [5.74, 6) is 0.323. The summed E-state index contributed by atoms with van der Waals surface area (Å²) in [5, 5.41) is 4.61. The molecule has 0 aliphatic carbocycles. The third-order valence-corrected chi connectivity index (χ3v) is 7.02. The Bertz CT molecular complexity index is 1370. The number of rotatable bonds is 9. The predicted octanol–water partition coefficient (Wildman–Crippen LogP) is 4.05. The summed E-state index contributed by atoms with van der Waals surface area (Å²) in [6.07, 6.45) is 0.224. The molecule has 0 bridgehead atoms. The van der Waals surface area contributed by atoms with Crippen molar-refractivity contribution < 1.29 is 17.9 Å². The smallest absolute Gasteiger partial charge is 0.241 e. The minimum atomic E-state index is -3.94. The van der Waals surface area contributed by atoms with E-state index in [0.717, 1.165) is 27.6 Å². The zero-order chi connectivity index (χ0) is 24.0. The molecule has 2 N–H and O–H groups in total. The number of methoxy groups -OCH3 is 1. The van der Waals surface area contributed by atoms with Crippen molar-refractivity contribution in [2.45, 2.75) is 23.9 Å². The average molecular weight is 475 g/mol. The highest BCUT2D eigenvalue weighted by atomic mass is 32.2. The number of nitrogens with one attached hydrogen (secondary N) is 2. The first kappa shape index (κ1) is 23.5. The van der Waals surface area contributed by atoms with Crippen LogP contribution in [-0.4, -0.2) is 27.5 Å². The van der Waals surface area contributed by atoms with Crippen molar-refractivity contribution in [2.24, 2.45) is 0 Å². The van der Waals surface area contributed by atoms with Crippen molar-refractivity contribution in [3.8, 4) is 5.75 Å². The second-order valence-electron chi connectivity index (χ2n) is 7.94. The fourth-order valence-electron chi connectivity index (χ4n) is 3.68. The zero-order valence-corrected chi connectivity index (χ0v) is 19.6. The first-order chi connectivity index (χ1) is 16.4. The van der Waals surface area contributed by atoms with Gasteiger partial charge in [-0.05, 0) is 52.6 Å². The van der Waals surface area contributed by atoms with Gasteiger partial charge in [0, 0.05) is 6.54 Å². The molecular weight excluding hydrogens is 448 g/mol. The van der Waals surface area contributed by atoms with E-state index in [1.165, 1.54) is 0 Å². The average Bonchev–Trinajstić information content (AvgIpc) is 2.87. The van der Waals surface area contributed by atoms with Crippen LogP contribution in [0.25, 0.3) is 10.8 Å². The molecule has 174 valence electrons. The topological polar surface area (TPSA) is 84.5 Å². The number of hydrogen-bond acceptors (Lipinski definition) is 4. The van der Waals surface area contributed by atoms with E-state index in [4.69, 9.17) is 4.74 Å². The van der Waals surface area contributed by atoms with Gasteiger partial charge in [0.1, 0.15) is 11.8 Å². The lowest BCUT2D eigenvalue weighted by atomic mass is 10.1. The Morgan fingerprint density at radius 1 is 0.824 bits per heavy atom. The van der Waals surface area contributed by atoms with E-state index in [9.17, 15) is 13.2 Å². The van der Waals surface area contributed by atoms with Gasteiger partial charge in [0.2, 0.25) is 15.9 Å². The summed E-state index contributed by atoms with van der Waals surface area (Å²) in [7, 11) is -2.35. The number of amides is 1. The van der Waals surface area contributed by atoms with E-state index in [1.54, 1.807) is 25.3 Å². The molecule has 4 rings (SSSR count). The molecule has 0 aliphatic rings. The number of benzene rings is 4. The van der Waals surface area contributed by atoms with Crippen LogP contribution in [0.5, 0.6) is 5.75 Å². The number of sulfonamides is 1. The Kier molecular flexibility index (Phi) is 7.25. The van der Waals surface area contributed by atoms with E-state index in [-0.39, 0.29) is 17.9 Å². The molecule has 0 fully saturated rings. The maximum Gasteiger partial charge on any atom is 0.241 e. The standard InChI is InChI=1S/C27H26N2O4S/c1-33-24-14-11-21(12-15-24)19-28-27(30)26(17-20-7-3-2-4-8-20)29-34(31,32)25-16-13-22-9-5-6-10-23(22)18-25/h2-16,18,26,29H,17,19H2,1H3,(H,28,30)/t26-/m0/s1. The molecule has 0 spiro atoms. The molecule has 0 heterocycles. The SMILES string of the molecule is COc1ccc(CNC(=O)[C@H](Cc2ccccc2)NS(=O)(=O)c2ccc3ccccc3c2)cc1. The van der Waals surface area contributed by atoms with E-state index in [2.05, 4.69) is 10.0 Å². The van der Waals surface area contributed by atoms with Crippen LogP contribution in [0.4, 0.5) is 0 Å². The lowest BCUT2D eigenvalue weighted by Crippen LogP contribution is -2.47. The molecule has 0 unspecified atom stereocenters. The van der Waals surface area contributed by atoms with Gasteiger partial charge >= 0.3 is 0 Å². The highest BCUT2D eigenvalue weighted by Gasteiger charge is 2.26. The van der Waals surface area contributed by atoms with Gasteiger partial charge in [-0.1, -0.05) is 72.8 Å². The highest BCUT2D eigenvalue weighted by Crippen LogP contribution is 2.19. The molecule has 0 radical (unpaired) electrons. The van der Waals surface area contributed by atoms with Crippen LogP contribution in [0, 0.1) is 0 Å². The number of ether oxygens (including phenoxy) is 1. The van der Waals surface area contributed by atoms with Gasteiger partial charge in [0.15, 0.2) is 0 Å². The number of hydrogen-bond donors (Lipinski definition) is 2. The Morgan fingerprint density at radius 3 is 2.21 bits per heavy atom. The third kappa shape index (κ3) is 5.81. The maximum atomic E-state index is 13.2. The van der Waals surface area contributed by atoms with E-state index < -0.39 is 22.0 Å². The lowest BCUT2D eigenvalue weighted by Gasteiger charge is -2.19. The van der Waals surface area contributed by atoms with Gasteiger partial charge in [0.25, 0.3) is 0 Å². The normalized spacial score (nSPS) is 12.3. The third-order valence-electron chi connectivity index (χ3n) is 5.55. The quantitative estimate of drug-likeness (QED) is 0.383. The molecule has 0 aliphatic heterocycles. The van der Waals surface area contributed by atoms with Crippen molar-refractivity contribution in [3.05, 3.63) is 108 Å². The Morgan fingerprint density at radius 2 is 1.50 bits per heavy atom. The second kappa shape index (κ2) is 10.5. The monoisotopic (exact) mass is 474 g/mol. The predicted molar refractivity (Wildman–Crippen MR) is 133 cm³/mol. The Hall–Kier alpha value is -3.68. The molecular formula is C27H26N2O4S. The van der Waals surface area contributed by atoms with Gasteiger partial charge in [-0.15, -0.1) is 0 Å². The molecule has 0 saturated carbocycles. The van der Waals surface area contributed by atoms with E-state index in [0.29, 0.717) is 0 Å².